The number of nitrogens with zero attached hydrogens (tertiary/aromatic N) is 1. The second kappa shape index (κ2) is 14.4. The van der Waals surface area contributed by atoms with Crippen LogP contribution in [0.3, 0.4) is 0 Å². The molecule has 0 aliphatic heterocycles. The van der Waals surface area contributed by atoms with E-state index in [0.29, 0.717) is 12.2 Å². The van der Waals surface area contributed by atoms with Crippen molar-refractivity contribution in [2.24, 2.45) is 0 Å². The molecule has 1 rings (SSSR count). The van der Waals surface area contributed by atoms with Crippen molar-refractivity contribution in [3.05, 3.63) is 42.7 Å². The number of halogens is 1. The van der Waals surface area contributed by atoms with Crippen LogP contribution >= 0.6 is 0 Å². The van der Waals surface area contributed by atoms with Crippen molar-refractivity contribution in [2.75, 3.05) is 6.61 Å². The van der Waals surface area contributed by atoms with E-state index in [1.807, 2.05) is 0 Å². The number of pyridine rings is 1. The minimum Gasteiger partial charge on any atom is -1.00 e. The van der Waals surface area contributed by atoms with Crippen molar-refractivity contribution in [1.82, 2.24) is 0 Å². The lowest BCUT2D eigenvalue weighted by Crippen LogP contribution is -3.00. The summed E-state index contributed by atoms with van der Waals surface area (Å²) in [6.45, 7) is 6.89. The molecular formula is C19H30BrNO2. The summed E-state index contributed by atoms with van der Waals surface area (Å²) in [6.07, 6.45) is 14.1. The van der Waals surface area contributed by atoms with Crippen LogP contribution in [0.1, 0.15) is 58.3 Å². The predicted octanol–water partition coefficient (Wildman–Crippen LogP) is 1.22. The third-order valence-corrected chi connectivity index (χ3v) is 3.67. The first-order chi connectivity index (χ1) is 10.7. The minimum atomic E-state index is -0.267. The average molecular weight is 384 g/mol. The normalized spacial score (nSPS) is 9.96. The van der Waals surface area contributed by atoms with Crippen molar-refractivity contribution < 1.29 is 31.1 Å². The summed E-state index contributed by atoms with van der Waals surface area (Å²) in [5.41, 5.74) is 0.480. The molecule has 0 N–H and O–H groups in total. The number of carbonyl (C=O) groups excluding carboxylic acids is 1. The van der Waals surface area contributed by atoms with Gasteiger partial charge in [0.1, 0.15) is 6.54 Å². The van der Waals surface area contributed by atoms with Gasteiger partial charge in [-0.1, -0.05) is 44.7 Å². The van der Waals surface area contributed by atoms with Crippen molar-refractivity contribution in [3.63, 3.8) is 0 Å². The standard InChI is InChI=1S/C19H30NO2.BrH/c1-18(2)19(21)22-17-13-8-6-4-3-5-7-10-14-20-15-11-9-12-16-20;/h9,11-12,15-16H,1,3-8,10,13-14,17H2,2H3;1H/q+1;/p-1. The van der Waals surface area contributed by atoms with Gasteiger partial charge in [-0.15, -0.1) is 0 Å². The molecule has 0 radical (unpaired) electrons. The van der Waals surface area contributed by atoms with Gasteiger partial charge in [0.25, 0.3) is 0 Å². The molecule has 0 aliphatic rings. The van der Waals surface area contributed by atoms with Crippen molar-refractivity contribution >= 4 is 5.97 Å². The number of ether oxygens (including phenoxy) is 1. The molecule has 0 unspecified atom stereocenters. The van der Waals surface area contributed by atoms with Crippen LogP contribution in [0.15, 0.2) is 42.7 Å². The van der Waals surface area contributed by atoms with E-state index in [1.165, 1.54) is 38.5 Å². The van der Waals surface area contributed by atoms with E-state index in [9.17, 15) is 4.79 Å². The summed E-state index contributed by atoms with van der Waals surface area (Å²) < 4.78 is 7.31. The molecule has 3 nitrogen and oxygen atoms in total. The molecule has 130 valence electrons. The summed E-state index contributed by atoms with van der Waals surface area (Å²) in [4.78, 5) is 11.2. The highest BCUT2D eigenvalue weighted by Gasteiger charge is 2.02. The molecule has 0 bridgehead atoms. The maximum Gasteiger partial charge on any atom is 0.333 e. The van der Waals surface area contributed by atoms with Crippen LogP contribution in [0.5, 0.6) is 0 Å². The lowest BCUT2D eigenvalue weighted by atomic mass is 10.1. The molecule has 0 atom stereocenters. The quantitative estimate of drug-likeness (QED) is 0.235. The molecule has 1 heterocycles. The molecular weight excluding hydrogens is 354 g/mol. The predicted molar refractivity (Wildman–Crippen MR) is 89.3 cm³/mol. The number of carbonyl (C=O) groups is 1. The van der Waals surface area contributed by atoms with Gasteiger partial charge in [0.2, 0.25) is 0 Å². The van der Waals surface area contributed by atoms with E-state index in [2.05, 4.69) is 41.7 Å². The molecule has 0 amide bonds. The van der Waals surface area contributed by atoms with Gasteiger partial charge in [-0.3, -0.25) is 0 Å². The molecule has 23 heavy (non-hydrogen) atoms. The fourth-order valence-corrected chi connectivity index (χ4v) is 2.33. The van der Waals surface area contributed by atoms with Gasteiger partial charge in [-0.25, -0.2) is 9.36 Å². The van der Waals surface area contributed by atoms with E-state index >= 15 is 0 Å². The lowest BCUT2D eigenvalue weighted by Gasteiger charge is -2.04. The van der Waals surface area contributed by atoms with Crippen LogP contribution < -0.4 is 21.5 Å². The maximum absolute atomic E-state index is 11.2. The molecule has 0 aliphatic carbocycles. The zero-order valence-corrected chi connectivity index (χ0v) is 15.9. The second-order valence-electron chi connectivity index (χ2n) is 5.86. The average Bonchev–Trinajstić information content (AvgIpc) is 2.53. The highest BCUT2D eigenvalue weighted by molar-refractivity contribution is 5.86. The Hall–Kier alpha value is -1.16. The minimum absolute atomic E-state index is 0. The Morgan fingerprint density at radius 2 is 1.43 bits per heavy atom. The van der Waals surface area contributed by atoms with Crippen molar-refractivity contribution in [1.29, 1.82) is 0 Å². The molecule has 1 aromatic rings. The summed E-state index contributed by atoms with van der Waals surface area (Å²) in [7, 11) is 0. The molecule has 0 fully saturated rings. The number of unbranched alkanes of at least 4 members (excludes halogenated alkanes) is 7. The number of aromatic nitrogens is 1. The van der Waals surface area contributed by atoms with Crippen LogP contribution in [0.25, 0.3) is 0 Å². The van der Waals surface area contributed by atoms with E-state index in [1.54, 1.807) is 6.92 Å². The van der Waals surface area contributed by atoms with Crippen LogP contribution in [-0.2, 0) is 16.1 Å². The zero-order valence-electron chi connectivity index (χ0n) is 14.3. The van der Waals surface area contributed by atoms with E-state index in [-0.39, 0.29) is 23.0 Å². The first-order valence-corrected chi connectivity index (χ1v) is 8.47. The molecule has 0 aromatic carbocycles. The summed E-state index contributed by atoms with van der Waals surface area (Å²) in [6, 6.07) is 6.21. The third kappa shape index (κ3) is 12.0. The molecule has 4 heteroatoms. The van der Waals surface area contributed by atoms with Crippen molar-refractivity contribution in [2.45, 2.75) is 64.8 Å². The Morgan fingerprint density at radius 1 is 0.913 bits per heavy atom. The van der Waals surface area contributed by atoms with E-state index in [4.69, 9.17) is 4.74 Å². The Balaban J connectivity index is 0.00000484. The third-order valence-electron chi connectivity index (χ3n) is 3.67. The number of aryl methyl sites for hydroxylation is 1. The summed E-state index contributed by atoms with van der Waals surface area (Å²) in [5, 5.41) is 0. The Bertz CT molecular complexity index is 434. The zero-order chi connectivity index (χ0) is 16.0. The number of hydrogen-bond donors (Lipinski definition) is 0. The Kier molecular flexibility index (Phi) is 13.7. The summed E-state index contributed by atoms with van der Waals surface area (Å²) >= 11 is 0. The largest absolute Gasteiger partial charge is 1.00 e. The molecule has 0 spiro atoms. The number of rotatable bonds is 12. The molecule has 0 saturated heterocycles. The van der Waals surface area contributed by atoms with Gasteiger partial charge in [0.05, 0.1) is 6.61 Å². The topological polar surface area (TPSA) is 30.2 Å². The van der Waals surface area contributed by atoms with Gasteiger partial charge in [-0.2, -0.15) is 0 Å². The van der Waals surface area contributed by atoms with Crippen LogP contribution in [0, 0.1) is 0 Å². The van der Waals surface area contributed by atoms with Gasteiger partial charge in [0.15, 0.2) is 12.4 Å². The number of esters is 1. The second-order valence-corrected chi connectivity index (χ2v) is 5.86. The van der Waals surface area contributed by atoms with Crippen LogP contribution in [-0.4, -0.2) is 12.6 Å². The lowest BCUT2D eigenvalue weighted by molar-refractivity contribution is -0.697. The first kappa shape index (κ1) is 21.8. The highest BCUT2D eigenvalue weighted by atomic mass is 79.9. The highest BCUT2D eigenvalue weighted by Crippen LogP contribution is 2.09. The van der Waals surface area contributed by atoms with E-state index in [0.717, 1.165) is 19.4 Å². The van der Waals surface area contributed by atoms with Gasteiger partial charge in [-0.05, 0) is 19.8 Å². The Labute approximate surface area is 151 Å². The van der Waals surface area contributed by atoms with Crippen molar-refractivity contribution in [3.8, 4) is 0 Å². The fourth-order valence-electron chi connectivity index (χ4n) is 2.33. The van der Waals surface area contributed by atoms with Gasteiger partial charge < -0.3 is 21.7 Å². The summed E-state index contributed by atoms with van der Waals surface area (Å²) in [5.74, 6) is -0.267. The molecule has 0 saturated carbocycles. The smallest absolute Gasteiger partial charge is 0.333 e. The van der Waals surface area contributed by atoms with Crippen LogP contribution in [0.2, 0.25) is 0 Å². The van der Waals surface area contributed by atoms with Gasteiger partial charge in [0, 0.05) is 24.1 Å². The monoisotopic (exact) mass is 383 g/mol. The number of hydrogen-bond acceptors (Lipinski definition) is 2. The first-order valence-electron chi connectivity index (χ1n) is 8.47. The molecule has 1 aromatic heterocycles. The Morgan fingerprint density at radius 3 is 2.00 bits per heavy atom. The fraction of sp³-hybridized carbons (Fsp3) is 0.579. The van der Waals surface area contributed by atoms with Crippen LogP contribution in [0.4, 0.5) is 0 Å². The van der Waals surface area contributed by atoms with Gasteiger partial charge >= 0.3 is 5.97 Å². The maximum atomic E-state index is 11.2. The van der Waals surface area contributed by atoms with E-state index < -0.39 is 0 Å². The SMILES string of the molecule is C=C(C)C(=O)OCCCCCCCCCC[n+]1ccccc1.[Br-].